The number of ether oxygens (including phenoxy) is 1. The number of rotatable bonds is 5. The summed E-state index contributed by atoms with van der Waals surface area (Å²) in [5.41, 5.74) is 6.91. The van der Waals surface area contributed by atoms with Crippen LogP contribution in [0.3, 0.4) is 0 Å². The minimum Gasteiger partial charge on any atom is -1.00 e. The van der Waals surface area contributed by atoms with Crippen molar-refractivity contribution in [2.45, 2.75) is 52.5 Å². The Morgan fingerprint density at radius 2 is 1.56 bits per heavy atom. The Bertz CT molecular complexity index is 1140. The van der Waals surface area contributed by atoms with Gasteiger partial charge in [-0.15, -0.1) is 0 Å². The van der Waals surface area contributed by atoms with Crippen molar-refractivity contribution in [1.29, 1.82) is 0 Å². The van der Waals surface area contributed by atoms with Gasteiger partial charge in [0.25, 0.3) is 0 Å². The predicted octanol–water partition coefficient (Wildman–Crippen LogP) is 3.63. The first-order valence-corrected chi connectivity index (χ1v) is 10.9. The van der Waals surface area contributed by atoms with Gasteiger partial charge >= 0.3 is 5.97 Å². The molecule has 0 amide bonds. The topological polar surface area (TPSA) is 29.3 Å². The number of hydrogen-bond donors (Lipinski definition) is 0. The molecule has 0 fully saturated rings. The van der Waals surface area contributed by atoms with Crippen molar-refractivity contribution in [3.05, 3.63) is 95.1 Å². The summed E-state index contributed by atoms with van der Waals surface area (Å²) in [7, 11) is 0. The second-order valence-corrected chi connectivity index (χ2v) is 9.12. The van der Waals surface area contributed by atoms with E-state index in [9.17, 15) is 4.79 Å². The average molecular weight is 539 g/mol. The van der Waals surface area contributed by atoms with Gasteiger partial charge in [-0.3, -0.25) is 0 Å². The van der Waals surface area contributed by atoms with Crippen LogP contribution >= 0.6 is 0 Å². The van der Waals surface area contributed by atoms with Crippen LogP contribution in [-0.2, 0) is 12.0 Å². The highest BCUT2D eigenvalue weighted by atomic mass is 127. The second kappa shape index (κ2) is 9.57. The number of para-hydroxylation sites is 1. The Labute approximate surface area is 208 Å². The van der Waals surface area contributed by atoms with E-state index in [1.807, 2.05) is 48.5 Å². The quantitative estimate of drug-likeness (QED) is 0.215. The molecule has 4 heteroatoms. The molecule has 1 aliphatic heterocycles. The lowest BCUT2D eigenvalue weighted by Crippen LogP contribution is -3.00. The lowest BCUT2D eigenvalue weighted by molar-refractivity contribution is -0.456. The van der Waals surface area contributed by atoms with Crippen LogP contribution in [0.15, 0.2) is 72.8 Å². The number of halogens is 1. The number of benzene rings is 3. The van der Waals surface area contributed by atoms with Gasteiger partial charge in [-0.05, 0) is 49.6 Å². The first-order chi connectivity index (χ1) is 14.8. The van der Waals surface area contributed by atoms with Crippen LogP contribution < -0.4 is 28.7 Å². The molecule has 0 bridgehead atoms. The molecule has 0 aliphatic carbocycles. The van der Waals surface area contributed by atoms with Crippen molar-refractivity contribution >= 4 is 17.4 Å². The third kappa shape index (κ3) is 4.65. The Kier molecular flexibility index (Phi) is 7.23. The van der Waals surface area contributed by atoms with Crippen LogP contribution in [-0.4, -0.2) is 16.3 Å². The maximum atomic E-state index is 12.6. The SMILES string of the molecule is CC1=[N+](Cc2ccc(C(=O)Oc3ccc(C(C)C)cc3)cc2)c2ccccc2C1(C)C.[I-]. The van der Waals surface area contributed by atoms with E-state index in [1.165, 1.54) is 22.5 Å². The van der Waals surface area contributed by atoms with Gasteiger partial charge in [0.2, 0.25) is 5.69 Å². The molecule has 166 valence electrons. The molecular formula is C28H30INO2. The number of carbonyl (C=O) groups excluding carboxylic acids is 1. The molecule has 0 atom stereocenters. The molecule has 0 N–H and O–H groups in total. The highest BCUT2D eigenvalue weighted by Gasteiger charge is 2.42. The molecule has 1 heterocycles. The number of fused-ring (bicyclic) bond motifs is 1. The van der Waals surface area contributed by atoms with Crippen LogP contribution in [0.4, 0.5) is 5.69 Å². The lowest BCUT2D eigenvalue weighted by atomic mass is 9.82. The Hall–Kier alpha value is -2.47. The van der Waals surface area contributed by atoms with Gasteiger partial charge in [-0.1, -0.05) is 56.3 Å². The van der Waals surface area contributed by atoms with Gasteiger partial charge in [-0.2, -0.15) is 4.58 Å². The van der Waals surface area contributed by atoms with Crippen molar-refractivity contribution in [3.63, 3.8) is 0 Å². The van der Waals surface area contributed by atoms with Crippen LogP contribution in [0.1, 0.15) is 67.6 Å². The van der Waals surface area contributed by atoms with Crippen LogP contribution in [0.5, 0.6) is 5.75 Å². The van der Waals surface area contributed by atoms with E-state index in [-0.39, 0.29) is 35.4 Å². The molecule has 4 rings (SSSR count). The van der Waals surface area contributed by atoms with Gasteiger partial charge in [0, 0.05) is 24.1 Å². The molecular weight excluding hydrogens is 509 g/mol. The number of hydrogen-bond acceptors (Lipinski definition) is 2. The van der Waals surface area contributed by atoms with E-state index in [2.05, 4.69) is 63.5 Å². The lowest BCUT2D eigenvalue weighted by Gasteiger charge is -2.14. The largest absolute Gasteiger partial charge is 1.00 e. The third-order valence-electron chi connectivity index (χ3n) is 6.47. The zero-order chi connectivity index (χ0) is 22.2. The van der Waals surface area contributed by atoms with E-state index in [0.717, 1.165) is 12.1 Å². The van der Waals surface area contributed by atoms with E-state index < -0.39 is 0 Å². The highest BCUT2D eigenvalue weighted by molar-refractivity contribution is 5.93. The Morgan fingerprint density at radius 1 is 0.938 bits per heavy atom. The number of esters is 1. The van der Waals surface area contributed by atoms with E-state index in [1.54, 1.807) is 0 Å². The minimum atomic E-state index is -0.334. The molecule has 3 nitrogen and oxygen atoms in total. The molecule has 0 unspecified atom stereocenters. The Morgan fingerprint density at radius 3 is 2.19 bits per heavy atom. The zero-order valence-corrected chi connectivity index (χ0v) is 21.5. The molecule has 1 aliphatic rings. The van der Waals surface area contributed by atoms with E-state index in [4.69, 9.17) is 4.74 Å². The van der Waals surface area contributed by atoms with Gasteiger partial charge in [0.1, 0.15) is 5.75 Å². The van der Waals surface area contributed by atoms with Gasteiger partial charge in [0.05, 0.1) is 11.0 Å². The van der Waals surface area contributed by atoms with Crippen LogP contribution in [0, 0.1) is 0 Å². The van der Waals surface area contributed by atoms with Gasteiger partial charge < -0.3 is 28.7 Å². The third-order valence-corrected chi connectivity index (χ3v) is 6.47. The van der Waals surface area contributed by atoms with E-state index >= 15 is 0 Å². The summed E-state index contributed by atoms with van der Waals surface area (Å²) in [6.07, 6.45) is 0. The standard InChI is InChI=1S/C28H30NO2.HI/c1-19(2)22-14-16-24(17-15-22)31-27(30)23-12-10-21(11-13-23)18-29-20(3)28(4,5)25-8-6-7-9-26(25)29;/h6-17,19H,18H2,1-5H3;1H/q+1;/p-1. The summed E-state index contributed by atoms with van der Waals surface area (Å²) in [5, 5.41) is 0. The first-order valence-electron chi connectivity index (χ1n) is 10.9. The van der Waals surface area contributed by atoms with Crippen molar-refractivity contribution < 1.29 is 38.1 Å². The average Bonchev–Trinajstić information content (AvgIpc) is 2.95. The molecule has 0 radical (unpaired) electrons. The van der Waals surface area contributed by atoms with E-state index in [0.29, 0.717) is 17.2 Å². The zero-order valence-electron chi connectivity index (χ0n) is 19.4. The van der Waals surface area contributed by atoms with Crippen molar-refractivity contribution in [1.82, 2.24) is 0 Å². The molecule has 0 saturated carbocycles. The fraction of sp³-hybridized carbons (Fsp3) is 0.286. The van der Waals surface area contributed by atoms with Gasteiger partial charge in [0.15, 0.2) is 12.3 Å². The second-order valence-electron chi connectivity index (χ2n) is 9.12. The summed E-state index contributed by atoms with van der Waals surface area (Å²) in [6.45, 7) is 11.8. The molecule has 3 aromatic rings. The maximum absolute atomic E-state index is 12.6. The number of nitrogens with zero attached hydrogens (tertiary/aromatic N) is 1. The highest BCUT2D eigenvalue weighted by Crippen LogP contribution is 2.39. The molecule has 32 heavy (non-hydrogen) atoms. The normalized spacial score (nSPS) is 14.2. The first kappa shape index (κ1) is 24.2. The van der Waals surface area contributed by atoms with Crippen LogP contribution in [0.2, 0.25) is 0 Å². The van der Waals surface area contributed by atoms with Crippen molar-refractivity contribution in [2.75, 3.05) is 0 Å². The van der Waals surface area contributed by atoms with Crippen molar-refractivity contribution in [2.24, 2.45) is 0 Å². The monoisotopic (exact) mass is 539 g/mol. The fourth-order valence-electron chi connectivity index (χ4n) is 4.17. The smallest absolute Gasteiger partial charge is 0.343 e. The van der Waals surface area contributed by atoms with Crippen molar-refractivity contribution in [3.8, 4) is 5.75 Å². The summed E-state index contributed by atoms with van der Waals surface area (Å²) in [6, 6.07) is 24.0. The summed E-state index contributed by atoms with van der Waals surface area (Å²) in [5.74, 6) is 0.685. The predicted molar refractivity (Wildman–Crippen MR) is 126 cm³/mol. The molecule has 3 aromatic carbocycles. The molecule has 0 spiro atoms. The summed E-state index contributed by atoms with van der Waals surface area (Å²) in [4.78, 5) is 12.6. The summed E-state index contributed by atoms with van der Waals surface area (Å²) >= 11 is 0. The summed E-state index contributed by atoms with van der Waals surface area (Å²) < 4.78 is 7.92. The minimum absolute atomic E-state index is 0. The Balaban J connectivity index is 0.00000289. The van der Waals surface area contributed by atoms with Crippen LogP contribution in [0.25, 0.3) is 0 Å². The fourth-order valence-corrected chi connectivity index (χ4v) is 4.17. The maximum Gasteiger partial charge on any atom is 0.343 e. The molecule has 0 saturated heterocycles. The number of carbonyl (C=O) groups is 1. The van der Waals surface area contributed by atoms with Gasteiger partial charge in [-0.25, -0.2) is 4.79 Å². The molecule has 0 aromatic heterocycles.